The first-order valence-electron chi connectivity index (χ1n) is 9.20. The number of H-pyrrole nitrogens is 1. The van der Waals surface area contributed by atoms with E-state index in [0.717, 1.165) is 28.8 Å². The normalized spacial score (nSPS) is 10.8. The number of aromatic amines is 1. The molecule has 4 rings (SSSR count). The Hall–Kier alpha value is -3.59. The number of ether oxygens (including phenoxy) is 1. The van der Waals surface area contributed by atoms with Gasteiger partial charge in [0.15, 0.2) is 10.8 Å². The van der Waals surface area contributed by atoms with Gasteiger partial charge in [0, 0.05) is 12.1 Å². The Morgan fingerprint density at radius 3 is 2.73 bits per heavy atom. The van der Waals surface area contributed by atoms with Gasteiger partial charge in [0.05, 0.1) is 24.7 Å². The van der Waals surface area contributed by atoms with E-state index in [9.17, 15) is 9.59 Å². The minimum absolute atomic E-state index is 0.114. The lowest BCUT2D eigenvalue weighted by Crippen LogP contribution is -2.25. The maximum absolute atomic E-state index is 12.4. The highest BCUT2D eigenvalue weighted by Crippen LogP contribution is 2.19. The molecule has 9 heteroatoms. The quantitative estimate of drug-likeness (QED) is 0.351. The van der Waals surface area contributed by atoms with Crippen LogP contribution in [0.4, 0.5) is 0 Å². The van der Waals surface area contributed by atoms with E-state index in [0.29, 0.717) is 22.7 Å². The molecule has 1 amide bonds. The molecule has 30 heavy (non-hydrogen) atoms. The van der Waals surface area contributed by atoms with Crippen molar-refractivity contribution in [1.82, 2.24) is 25.1 Å². The minimum Gasteiger partial charge on any atom is -0.496 e. The van der Waals surface area contributed by atoms with Gasteiger partial charge in [-0.05, 0) is 18.2 Å². The number of amides is 1. The van der Waals surface area contributed by atoms with Gasteiger partial charge in [-0.1, -0.05) is 48.2 Å². The molecule has 2 aromatic carbocycles. The van der Waals surface area contributed by atoms with Crippen molar-refractivity contribution in [2.24, 2.45) is 0 Å². The maximum Gasteiger partial charge on any atom is 0.262 e. The number of nitrogens with one attached hydrogen (secondary N) is 2. The van der Waals surface area contributed by atoms with E-state index in [1.807, 2.05) is 54.6 Å². The number of fused-ring (bicyclic) bond motifs is 1. The highest BCUT2D eigenvalue weighted by atomic mass is 32.2. The molecule has 0 aliphatic carbocycles. The number of rotatable bonds is 7. The summed E-state index contributed by atoms with van der Waals surface area (Å²) in [4.78, 5) is 31.9. The van der Waals surface area contributed by atoms with Crippen molar-refractivity contribution in [3.05, 3.63) is 76.7 Å². The fourth-order valence-electron chi connectivity index (χ4n) is 2.95. The van der Waals surface area contributed by atoms with Gasteiger partial charge in [-0.2, -0.15) is 5.10 Å². The number of aromatic nitrogens is 4. The fourth-order valence-corrected chi connectivity index (χ4v) is 3.64. The summed E-state index contributed by atoms with van der Waals surface area (Å²) in [7, 11) is 1.59. The molecule has 2 heterocycles. The van der Waals surface area contributed by atoms with Crippen LogP contribution in [0.2, 0.25) is 0 Å². The van der Waals surface area contributed by atoms with Crippen LogP contribution in [-0.2, 0) is 11.3 Å². The molecule has 0 atom stereocenters. The molecule has 0 bridgehead atoms. The number of benzene rings is 2. The average molecular weight is 421 g/mol. The molecule has 2 aromatic heterocycles. The van der Waals surface area contributed by atoms with Crippen molar-refractivity contribution < 1.29 is 9.53 Å². The molecule has 4 aromatic rings. The Kier molecular flexibility index (Phi) is 5.80. The largest absolute Gasteiger partial charge is 0.496 e. The summed E-state index contributed by atoms with van der Waals surface area (Å²) in [6.07, 6.45) is 1.49. The van der Waals surface area contributed by atoms with Crippen molar-refractivity contribution in [2.45, 2.75) is 11.7 Å². The van der Waals surface area contributed by atoms with Crippen molar-refractivity contribution >= 4 is 28.7 Å². The van der Waals surface area contributed by atoms with E-state index in [4.69, 9.17) is 4.74 Å². The predicted molar refractivity (Wildman–Crippen MR) is 115 cm³/mol. The smallest absolute Gasteiger partial charge is 0.262 e. The number of thioether (sulfide) groups is 1. The molecule has 0 saturated heterocycles. The van der Waals surface area contributed by atoms with Crippen molar-refractivity contribution in [3.8, 4) is 11.4 Å². The Bertz CT molecular complexity index is 1240. The highest BCUT2D eigenvalue weighted by molar-refractivity contribution is 7.99. The molecular formula is C21H19N5O3S. The molecule has 0 fully saturated rings. The molecule has 152 valence electrons. The lowest BCUT2D eigenvalue weighted by molar-refractivity contribution is -0.118. The van der Waals surface area contributed by atoms with E-state index in [2.05, 4.69) is 20.4 Å². The van der Waals surface area contributed by atoms with Crippen LogP contribution in [0.15, 0.2) is 70.7 Å². The lowest BCUT2D eigenvalue weighted by Gasteiger charge is -2.09. The number of carbonyl (C=O) groups excluding carboxylic acids is 1. The number of para-hydroxylation sites is 2. The number of methoxy groups -OCH3 is 1. The third-order valence-electron chi connectivity index (χ3n) is 4.43. The summed E-state index contributed by atoms with van der Waals surface area (Å²) >= 11 is 1.16. The predicted octanol–water partition coefficient (Wildman–Crippen LogP) is 2.53. The fraction of sp³-hybridized carbons (Fsp3) is 0.143. The number of hydrogen-bond acceptors (Lipinski definition) is 6. The summed E-state index contributed by atoms with van der Waals surface area (Å²) in [5.41, 5.74) is 1.84. The van der Waals surface area contributed by atoms with Crippen LogP contribution in [0.1, 0.15) is 5.56 Å². The van der Waals surface area contributed by atoms with Crippen LogP contribution in [0.5, 0.6) is 5.75 Å². The van der Waals surface area contributed by atoms with Crippen LogP contribution in [-0.4, -0.2) is 38.5 Å². The first kappa shape index (κ1) is 19.7. The first-order valence-corrected chi connectivity index (χ1v) is 10.2. The number of hydrogen-bond donors (Lipinski definition) is 2. The molecule has 8 nitrogen and oxygen atoms in total. The van der Waals surface area contributed by atoms with Crippen molar-refractivity contribution in [3.63, 3.8) is 0 Å². The van der Waals surface area contributed by atoms with E-state index in [1.165, 1.54) is 6.20 Å². The standard InChI is InChI=1S/C21H19N5O3S/c1-29-17-10-6-5-7-14(17)11-22-18(27)13-30-21-24-19-16(20(28)25-21)12-23-26(19)15-8-3-2-4-9-15/h2-10,12H,11,13H2,1H3,(H,22,27)(H,24,25,28). The summed E-state index contributed by atoms with van der Waals surface area (Å²) in [6, 6.07) is 16.9. The van der Waals surface area contributed by atoms with Crippen LogP contribution < -0.4 is 15.6 Å². The zero-order valence-corrected chi connectivity index (χ0v) is 17.0. The summed E-state index contributed by atoms with van der Waals surface area (Å²) in [5, 5.41) is 7.88. The van der Waals surface area contributed by atoms with Gasteiger partial charge in [-0.15, -0.1) is 0 Å². The molecule has 0 spiro atoms. The first-order chi connectivity index (χ1) is 14.7. The minimum atomic E-state index is -0.292. The van der Waals surface area contributed by atoms with Gasteiger partial charge in [0.1, 0.15) is 11.1 Å². The number of nitrogens with zero attached hydrogens (tertiary/aromatic N) is 3. The number of carbonyl (C=O) groups is 1. The zero-order chi connectivity index (χ0) is 20.9. The Balaban J connectivity index is 1.46. The topological polar surface area (TPSA) is 102 Å². The molecule has 0 radical (unpaired) electrons. The second kappa shape index (κ2) is 8.83. The van der Waals surface area contributed by atoms with E-state index in [-0.39, 0.29) is 17.2 Å². The second-order valence-corrected chi connectivity index (χ2v) is 7.34. The van der Waals surface area contributed by atoms with Gasteiger partial charge in [0.2, 0.25) is 5.91 Å². The average Bonchev–Trinajstić information content (AvgIpc) is 3.21. The maximum atomic E-state index is 12.4. The SMILES string of the molecule is COc1ccccc1CNC(=O)CSc1nc2c(cnn2-c2ccccc2)c(=O)[nH]1. The summed E-state index contributed by atoms with van der Waals surface area (Å²) < 4.78 is 6.89. The van der Waals surface area contributed by atoms with Crippen LogP contribution in [0.3, 0.4) is 0 Å². The Morgan fingerprint density at radius 1 is 1.17 bits per heavy atom. The third-order valence-corrected chi connectivity index (χ3v) is 5.30. The highest BCUT2D eigenvalue weighted by Gasteiger charge is 2.13. The van der Waals surface area contributed by atoms with Crippen LogP contribution >= 0.6 is 11.8 Å². The zero-order valence-electron chi connectivity index (χ0n) is 16.2. The molecule has 0 aliphatic heterocycles. The van der Waals surface area contributed by atoms with Gasteiger partial charge in [-0.3, -0.25) is 9.59 Å². The van der Waals surface area contributed by atoms with Crippen molar-refractivity contribution in [1.29, 1.82) is 0 Å². The lowest BCUT2D eigenvalue weighted by atomic mass is 10.2. The Morgan fingerprint density at radius 2 is 1.93 bits per heavy atom. The summed E-state index contributed by atoms with van der Waals surface area (Å²) in [6.45, 7) is 0.354. The van der Waals surface area contributed by atoms with E-state index >= 15 is 0 Å². The molecular weight excluding hydrogens is 402 g/mol. The van der Waals surface area contributed by atoms with Gasteiger partial charge >= 0.3 is 0 Å². The van der Waals surface area contributed by atoms with E-state index in [1.54, 1.807) is 11.8 Å². The monoisotopic (exact) mass is 421 g/mol. The van der Waals surface area contributed by atoms with E-state index < -0.39 is 0 Å². The van der Waals surface area contributed by atoms with Crippen LogP contribution in [0, 0.1) is 0 Å². The second-order valence-electron chi connectivity index (χ2n) is 6.38. The molecule has 0 saturated carbocycles. The molecule has 0 unspecified atom stereocenters. The molecule has 0 aliphatic rings. The van der Waals surface area contributed by atoms with Crippen LogP contribution in [0.25, 0.3) is 16.7 Å². The van der Waals surface area contributed by atoms with Gasteiger partial charge in [0.25, 0.3) is 5.56 Å². The molecule has 2 N–H and O–H groups in total. The van der Waals surface area contributed by atoms with Crippen molar-refractivity contribution in [2.75, 3.05) is 12.9 Å². The van der Waals surface area contributed by atoms with Gasteiger partial charge in [-0.25, -0.2) is 9.67 Å². The third kappa shape index (κ3) is 4.20. The summed E-state index contributed by atoms with van der Waals surface area (Å²) in [5.74, 6) is 0.657. The van der Waals surface area contributed by atoms with Gasteiger partial charge < -0.3 is 15.0 Å². The Labute approximate surface area is 176 Å².